The Bertz CT molecular complexity index is 888. The molecular formula is C18H18N2O3. The van der Waals surface area contributed by atoms with Crippen LogP contribution < -0.4 is 10.4 Å². The molecule has 0 atom stereocenters. The van der Waals surface area contributed by atoms with Crippen LogP contribution in [-0.4, -0.2) is 21.4 Å². The van der Waals surface area contributed by atoms with Crippen molar-refractivity contribution >= 4 is 0 Å². The number of nitrogens with zero attached hydrogens (tertiary/aromatic N) is 2. The number of aromatic hydroxyl groups is 1. The summed E-state index contributed by atoms with van der Waals surface area (Å²) in [6.45, 7) is 0. The largest absolute Gasteiger partial charge is 0.508 e. The molecule has 23 heavy (non-hydrogen) atoms. The van der Waals surface area contributed by atoms with E-state index >= 15 is 0 Å². The van der Waals surface area contributed by atoms with Crippen LogP contribution in [0, 0.1) is 0 Å². The second-order valence-corrected chi connectivity index (χ2v) is 5.37. The van der Waals surface area contributed by atoms with Crippen molar-refractivity contribution in [3.05, 3.63) is 59.0 Å². The molecule has 0 bridgehead atoms. The molecule has 0 radical (unpaired) electrons. The summed E-state index contributed by atoms with van der Waals surface area (Å²) in [6, 6.07) is 14.4. The Morgan fingerprint density at radius 2 is 1.26 bits per heavy atom. The van der Waals surface area contributed by atoms with E-state index in [1.807, 2.05) is 24.3 Å². The Hall–Kier alpha value is -2.95. The molecule has 118 valence electrons. The molecule has 5 heteroatoms. The Balaban J connectivity index is 2.25. The van der Waals surface area contributed by atoms with E-state index in [9.17, 15) is 9.90 Å². The molecule has 1 aromatic heterocycles. The van der Waals surface area contributed by atoms with Gasteiger partial charge in [0.1, 0.15) is 11.5 Å². The van der Waals surface area contributed by atoms with Gasteiger partial charge in [-0.15, -0.1) is 0 Å². The lowest BCUT2D eigenvalue weighted by molar-refractivity contribution is 0.415. The van der Waals surface area contributed by atoms with E-state index in [2.05, 4.69) is 0 Å². The highest BCUT2D eigenvalue weighted by Crippen LogP contribution is 2.32. The highest BCUT2D eigenvalue weighted by Gasteiger charge is 2.18. The number of benzene rings is 2. The zero-order chi connectivity index (χ0) is 16.6. The van der Waals surface area contributed by atoms with E-state index in [0.29, 0.717) is 0 Å². The highest BCUT2D eigenvalue weighted by molar-refractivity contribution is 5.79. The molecule has 0 aliphatic carbocycles. The molecule has 0 amide bonds. The van der Waals surface area contributed by atoms with E-state index in [-0.39, 0.29) is 11.4 Å². The molecule has 0 aliphatic heterocycles. The zero-order valence-electron chi connectivity index (χ0n) is 13.3. The molecule has 0 saturated carbocycles. The number of aromatic nitrogens is 2. The fourth-order valence-electron chi connectivity index (χ4n) is 2.76. The van der Waals surface area contributed by atoms with Gasteiger partial charge < -0.3 is 9.84 Å². The predicted molar refractivity (Wildman–Crippen MR) is 89.7 cm³/mol. The topological polar surface area (TPSA) is 56.4 Å². The molecule has 0 spiro atoms. The minimum Gasteiger partial charge on any atom is -0.508 e. The lowest BCUT2D eigenvalue weighted by atomic mass is 10.0. The second kappa shape index (κ2) is 5.68. The van der Waals surface area contributed by atoms with Crippen molar-refractivity contribution in [3.63, 3.8) is 0 Å². The number of hydrogen-bond acceptors (Lipinski definition) is 3. The first-order valence-electron chi connectivity index (χ1n) is 7.22. The fraction of sp³-hybridized carbons (Fsp3) is 0.167. The average Bonchev–Trinajstić information content (AvgIpc) is 2.80. The van der Waals surface area contributed by atoms with Gasteiger partial charge in [0.15, 0.2) is 0 Å². The van der Waals surface area contributed by atoms with Gasteiger partial charge >= 0.3 is 5.69 Å². The molecule has 1 N–H and O–H groups in total. The predicted octanol–water partition coefficient (Wildman–Crippen LogP) is 2.77. The molecule has 0 fully saturated rings. The smallest absolute Gasteiger partial charge is 0.328 e. The van der Waals surface area contributed by atoms with Gasteiger partial charge in [-0.1, -0.05) is 0 Å². The first kappa shape index (κ1) is 15.0. The number of phenols is 1. The van der Waals surface area contributed by atoms with Gasteiger partial charge in [0.25, 0.3) is 0 Å². The van der Waals surface area contributed by atoms with Crippen molar-refractivity contribution in [3.8, 4) is 34.0 Å². The van der Waals surface area contributed by atoms with E-state index in [1.165, 1.54) is 0 Å². The Labute approximate surface area is 134 Å². The fourth-order valence-corrected chi connectivity index (χ4v) is 2.76. The van der Waals surface area contributed by atoms with Gasteiger partial charge in [0.2, 0.25) is 0 Å². The third-order valence-electron chi connectivity index (χ3n) is 3.97. The summed E-state index contributed by atoms with van der Waals surface area (Å²) in [5.41, 5.74) is 3.33. The van der Waals surface area contributed by atoms with E-state index in [4.69, 9.17) is 4.74 Å². The molecule has 0 saturated heterocycles. The third kappa shape index (κ3) is 2.50. The SMILES string of the molecule is COc1ccc(-c2c(-c3ccc(O)cc3)n(C)c(=O)n2C)cc1. The van der Waals surface area contributed by atoms with Gasteiger partial charge in [0.05, 0.1) is 18.5 Å². The van der Waals surface area contributed by atoms with Crippen LogP contribution >= 0.6 is 0 Å². The highest BCUT2D eigenvalue weighted by atomic mass is 16.5. The molecule has 5 nitrogen and oxygen atoms in total. The van der Waals surface area contributed by atoms with E-state index in [0.717, 1.165) is 28.3 Å². The van der Waals surface area contributed by atoms with Crippen LogP contribution in [0.15, 0.2) is 53.3 Å². The van der Waals surface area contributed by atoms with Gasteiger partial charge in [-0.2, -0.15) is 0 Å². The summed E-state index contributed by atoms with van der Waals surface area (Å²) in [5.74, 6) is 0.960. The van der Waals surface area contributed by atoms with Gasteiger partial charge in [0, 0.05) is 25.2 Å². The van der Waals surface area contributed by atoms with Crippen LogP contribution in [0.3, 0.4) is 0 Å². The summed E-state index contributed by atoms with van der Waals surface area (Å²) < 4.78 is 8.44. The van der Waals surface area contributed by atoms with Crippen LogP contribution in [0.4, 0.5) is 0 Å². The maximum atomic E-state index is 12.4. The van der Waals surface area contributed by atoms with Crippen molar-refractivity contribution in [2.45, 2.75) is 0 Å². The van der Waals surface area contributed by atoms with Crippen LogP contribution in [0.1, 0.15) is 0 Å². The molecule has 0 unspecified atom stereocenters. The maximum absolute atomic E-state index is 12.4. The number of hydrogen-bond donors (Lipinski definition) is 1. The zero-order valence-corrected chi connectivity index (χ0v) is 13.3. The normalized spacial score (nSPS) is 10.7. The molecule has 3 aromatic rings. The summed E-state index contributed by atoms with van der Waals surface area (Å²) in [7, 11) is 5.12. The van der Waals surface area contributed by atoms with Crippen molar-refractivity contribution < 1.29 is 9.84 Å². The number of imidazole rings is 1. The number of ether oxygens (including phenoxy) is 1. The third-order valence-corrected chi connectivity index (χ3v) is 3.97. The van der Waals surface area contributed by atoms with Crippen molar-refractivity contribution in [2.75, 3.05) is 7.11 Å². The van der Waals surface area contributed by atoms with Crippen LogP contribution in [0.25, 0.3) is 22.5 Å². The lowest BCUT2D eigenvalue weighted by Crippen LogP contribution is -2.20. The minimum atomic E-state index is -0.0982. The van der Waals surface area contributed by atoms with Crippen LogP contribution in [0.2, 0.25) is 0 Å². The second-order valence-electron chi connectivity index (χ2n) is 5.37. The number of methoxy groups -OCH3 is 1. The molecule has 1 heterocycles. The monoisotopic (exact) mass is 310 g/mol. The minimum absolute atomic E-state index is 0.0982. The summed E-state index contributed by atoms with van der Waals surface area (Å²) in [5, 5.41) is 9.49. The van der Waals surface area contributed by atoms with Crippen molar-refractivity contribution in [2.24, 2.45) is 14.1 Å². The summed E-state index contributed by atoms with van der Waals surface area (Å²) >= 11 is 0. The van der Waals surface area contributed by atoms with Gasteiger partial charge in [-0.25, -0.2) is 4.79 Å². The first-order valence-corrected chi connectivity index (χ1v) is 7.22. The molecule has 3 rings (SSSR count). The van der Waals surface area contributed by atoms with E-state index in [1.54, 1.807) is 54.6 Å². The Morgan fingerprint density at radius 3 is 1.70 bits per heavy atom. The number of rotatable bonds is 3. The summed E-state index contributed by atoms with van der Waals surface area (Å²) in [4.78, 5) is 12.4. The maximum Gasteiger partial charge on any atom is 0.328 e. The van der Waals surface area contributed by atoms with E-state index < -0.39 is 0 Å². The Kier molecular flexibility index (Phi) is 3.70. The average molecular weight is 310 g/mol. The Morgan fingerprint density at radius 1 is 0.826 bits per heavy atom. The molecular weight excluding hydrogens is 292 g/mol. The van der Waals surface area contributed by atoms with Crippen molar-refractivity contribution in [1.82, 2.24) is 9.13 Å². The van der Waals surface area contributed by atoms with Crippen molar-refractivity contribution in [1.29, 1.82) is 0 Å². The summed E-state index contributed by atoms with van der Waals surface area (Å²) in [6.07, 6.45) is 0. The number of phenolic OH excluding ortho intramolecular Hbond substituents is 1. The molecule has 2 aromatic carbocycles. The molecule has 0 aliphatic rings. The van der Waals surface area contributed by atoms with Gasteiger partial charge in [-0.3, -0.25) is 9.13 Å². The standard InChI is InChI=1S/C18H18N2O3/c1-19-16(12-4-8-14(21)9-5-12)17(20(2)18(19)22)13-6-10-15(23-3)11-7-13/h4-11,21H,1-3H3. The lowest BCUT2D eigenvalue weighted by Gasteiger charge is -2.09. The quantitative estimate of drug-likeness (QED) is 0.809. The van der Waals surface area contributed by atoms with Crippen LogP contribution in [-0.2, 0) is 14.1 Å². The van der Waals surface area contributed by atoms with Gasteiger partial charge in [-0.05, 0) is 48.5 Å². The van der Waals surface area contributed by atoms with Crippen LogP contribution in [0.5, 0.6) is 11.5 Å². The first-order chi connectivity index (χ1) is 11.0.